The average molecular weight is 435 g/mol. The molecule has 0 spiro atoms. The Morgan fingerprint density at radius 1 is 0.806 bits per heavy atom. The van der Waals surface area contributed by atoms with E-state index in [1.807, 2.05) is 0 Å². The number of aldehydes is 1. The van der Waals surface area contributed by atoms with Gasteiger partial charge in [-0.15, -0.1) is 0 Å². The second-order valence-electron chi connectivity index (χ2n) is 8.33. The van der Waals surface area contributed by atoms with Crippen molar-refractivity contribution in [1.82, 2.24) is 0 Å². The molecule has 0 fully saturated rings. The zero-order valence-corrected chi connectivity index (χ0v) is 19.6. The van der Waals surface area contributed by atoms with Gasteiger partial charge in [-0.2, -0.15) is 0 Å². The molecule has 5 heteroatoms. The van der Waals surface area contributed by atoms with Crippen LogP contribution in [-0.4, -0.2) is 24.5 Å². The monoisotopic (exact) mass is 434 g/mol. The molecule has 0 saturated carbocycles. The van der Waals surface area contributed by atoms with Crippen molar-refractivity contribution in [2.75, 3.05) is 7.11 Å². The van der Waals surface area contributed by atoms with Crippen LogP contribution in [0.2, 0.25) is 0 Å². The minimum Gasteiger partial charge on any atom is -0.504 e. The molecule has 1 aromatic carbocycles. The highest BCUT2D eigenvalue weighted by Gasteiger charge is 2.18. The lowest BCUT2D eigenvalue weighted by Crippen LogP contribution is -2.10. The number of carbonyl (C=O) groups excluding carboxylic acids is 2. The Morgan fingerprint density at radius 2 is 1.29 bits per heavy atom. The number of hydrogen-bond acceptors (Lipinski definition) is 5. The van der Waals surface area contributed by atoms with E-state index in [0.717, 1.165) is 19.3 Å². The van der Waals surface area contributed by atoms with Crippen molar-refractivity contribution in [3.63, 3.8) is 0 Å². The molecule has 0 atom stereocenters. The molecule has 0 unspecified atom stereocenters. The molecule has 1 rings (SSSR count). The number of aromatic hydroxyl groups is 1. The third kappa shape index (κ3) is 11.8. The van der Waals surface area contributed by atoms with E-state index >= 15 is 0 Å². The number of hydrogen-bond donors (Lipinski definition) is 1. The number of phenols is 1. The van der Waals surface area contributed by atoms with Crippen LogP contribution in [0.25, 0.3) is 0 Å². The Labute approximate surface area is 188 Å². The summed E-state index contributed by atoms with van der Waals surface area (Å²) in [6.45, 7) is 2.26. The van der Waals surface area contributed by atoms with Crippen molar-refractivity contribution in [2.24, 2.45) is 0 Å². The van der Waals surface area contributed by atoms with Crippen LogP contribution >= 0.6 is 0 Å². The van der Waals surface area contributed by atoms with E-state index < -0.39 is 5.97 Å². The number of phenolic OH excluding ortho intramolecular Hbond substituents is 1. The van der Waals surface area contributed by atoms with Crippen molar-refractivity contribution in [1.29, 1.82) is 0 Å². The largest absolute Gasteiger partial charge is 0.504 e. The van der Waals surface area contributed by atoms with Crippen LogP contribution in [0.3, 0.4) is 0 Å². The highest BCUT2D eigenvalue weighted by molar-refractivity contribution is 5.85. The molecule has 0 aliphatic heterocycles. The molecule has 5 nitrogen and oxygen atoms in total. The van der Waals surface area contributed by atoms with E-state index in [-0.39, 0.29) is 29.2 Å². The second-order valence-corrected chi connectivity index (χ2v) is 8.33. The minimum absolute atomic E-state index is 0.00874. The number of carbonyl (C=O) groups is 2. The van der Waals surface area contributed by atoms with Gasteiger partial charge >= 0.3 is 5.97 Å². The van der Waals surface area contributed by atoms with E-state index in [0.29, 0.717) is 6.29 Å². The van der Waals surface area contributed by atoms with Crippen LogP contribution < -0.4 is 9.47 Å². The summed E-state index contributed by atoms with van der Waals surface area (Å²) in [7, 11) is 1.36. The first-order valence-corrected chi connectivity index (χ1v) is 12.2. The first kappa shape index (κ1) is 27.0. The molecule has 0 saturated heterocycles. The maximum Gasteiger partial charge on any atom is 0.311 e. The first-order chi connectivity index (χ1) is 15.1. The molecular weight excluding hydrogens is 392 g/mol. The topological polar surface area (TPSA) is 72.8 Å². The van der Waals surface area contributed by atoms with E-state index in [9.17, 15) is 14.7 Å². The summed E-state index contributed by atoms with van der Waals surface area (Å²) in [4.78, 5) is 23.3. The van der Waals surface area contributed by atoms with Crippen LogP contribution in [0.1, 0.15) is 120 Å². The molecule has 31 heavy (non-hydrogen) atoms. The van der Waals surface area contributed by atoms with Crippen LogP contribution in [0.15, 0.2) is 12.1 Å². The highest BCUT2D eigenvalue weighted by Crippen LogP contribution is 2.38. The molecule has 0 heterocycles. The fourth-order valence-corrected chi connectivity index (χ4v) is 3.77. The van der Waals surface area contributed by atoms with Crippen molar-refractivity contribution in [3.05, 3.63) is 17.7 Å². The van der Waals surface area contributed by atoms with E-state index in [2.05, 4.69) is 6.92 Å². The lowest BCUT2D eigenvalue weighted by Gasteiger charge is -2.12. The van der Waals surface area contributed by atoms with Crippen LogP contribution in [0, 0.1) is 0 Å². The van der Waals surface area contributed by atoms with Gasteiger partial charge in [-0.05, 0) is 18.6 Å². The van der Waals surface area contributed by atoms with Gasteiger partial charge < -0.3 is 14.6 Å². The van der Waals surface area contributed by atoms with Crippen molar-refractivity contribution >= 4 is 12.3 Å². The Balaban J connectivity index is 2.05. The number of rotatable bonds is 19. The third-order valence-electron chi connectivity index (χ3n) is 5.65. The summed E-state index contributed by atoms with van der Waals surface area (Å²) in [5.41, 5.74) is 0.180. The van der Waals surface area contributed by atoms with Gasteiger partial charge in [-0.3, -0.25) is 9.59 Å². The molecule has 0 aromatic heterocycles. The van der Waals surface area contributed by atoms with Crippen LogP contribution in [0.4, 0.5) is 0 Å². The molecular formula is C26H42O5. The van der Waals surface area contributed by atoms with Crippen LogP contribution in [-0.2, 0) is 4.79 Å². The Kier molecular flexibility index (Phi) is 15.3. The molecule has 0 bridgehead atoms. The van der Waals surface area contributed by atoms with Gasteiger partial charge in [0.25, 0.3) is 0 Å². The van der Waals surface area contributed by atoms with Gasteiger partial charge in [0, 0.05) is 6.42 Å². The third-order valence-corrected chi connectivity index (χ3v) is 5.65. The lowest BCUT2D eigenvalue weighted by molar-refractivity contribution is -0.134. The molecule has 0 aliphatic carbocycles. The summed E-state index contributed by atoms with van der Waals surface area (Å²) in [6, 6.07) is 2.75. The average Bonchev–Trinajstić information content (AvgIpc) is 2.77. The number of ether oxygens (including phenoxy) is 2. The number of unbranched alkanes of at least 4 members (excludes halogenated alkanes) is 14. The second kappa shape index (κ2) is 17.6. The standard InChI is InChI=1S/C26H42O5/c1-3-4-5-6-7-8-9-10-11-12-13-14-15-16-17-18-24(29)31-25-22(21-27)19-20-23(28)26(25)30-2/h19-21,28H,3-18H2,1-2H3. The molecule has 0 amide bonds. The summed E-state index contributed by atoms with van der Waals surface area (Å²) < 4.78 is 10.4. The maximum absolute atomic E-state index is 12.1. The number of esters is 1. The van der Waals surface area contributed by atoms with Gasteiger partial charge in [0.05, 0.1) is 12.7 Å². The fourth-order valence-electron chi connectivity index (χ4n) is 3.77. The van der Waals surface area contributed by atoms with E-state index in [1.54, 1.807) is 0 Å². The Hall–Kier alpha value is -2.04. The van der Waals surface area contributed by atoms with Crippen LogP contribution in [0.5, 0.6) is 17.2 Å². The van der Waals surface area contributed by atoms with Crippen molar-refractivity contribution in [2.45, 2.75) is 110 Å². The molecule has 0 radical (unpaired) electrons. The van der Waals surface area contributed by atoms with E-state index in [1.165, 1.54) is 96.3 Å². The smallest absolute Gasteiger partial charge is 0.311 e. The minimum atomic E-state index is -0.415. The highest BCUT2D eigenvalue weighted by atomic mass is 16.6. The number of methoxy groups -OCH3 is 1. The first-order valence-electron chi connectivity index (χ1n) is 12.2. The summed E-state index contributed by atoms with van der Waals surface area (Å²) in [6.07, 6.45) is 19.9. The molecule has 1 N–H and O–H groups in total. The van der Waals surface area contributed by atoms with E-state index in [4.69, 9.17) is 9.47 Å². The van der Waals surface area contributed by atoms with Crippen molar-refractivity contribution in [3.8, 4) is 17.2 Å². The predicted molar refractivity (Wildman–Crippen MR) is 125 cm³/mol. The molecule has 0 aliphatic rings. The van der Waals surface area contributed by atoms with Gasteiger partial charge in [0.15, 0.2) is 17.8 Å². The summed E-state index contributed by atoms with van der Waals surface area (Å²) in [5.74, 6) is -0.581. The molecule has 176 valence electrons. The predicted octanol–water partition coefficient (Wildman–Crippen LogP) is 7.38. The summed E-state index contributed by atoms with van der Waals surface area (Å²) in [5, 5.41) is 9.81. The van der Waals surface area contributed by atoms with Gasteiger partial charge in [-0.1, -0.05) is 96.8 Å². The zero-order valence-electron chi connectivity index (χ0n) is 19.6. The quantitative estimate of drug-likeness (QED) is 0.106. The van der Waals surface area contributed by atoms with Gasteiger partial charge in [-0.25, -0.2) is 0 Å². The lowest BCUT2D eigenvalue weighted by atomic mass is 10.0. The van der Waals surface area contributed by atoms with Crippen molar-refractivity contribution < 1.29 is 24.2 Å². The number of benzene rings is 1. The summed E-state index contributed by atoms with van der Waals surface area (Å²) >= 11 is 0. The Bertz CT molecular complexity index is 626. The molecule has 1 aromatic rings. The Morgan fingerprint density at radius 3 is 1.74 bits per heavy atom. The zero-order chi connectivity index (χ0) is 22.7. The van der Waals surface area contributed by atoms with Gasteiger partial charge in [0.2, 0.25) is 5.75 Å². The van der Waals surface area contributed by atoms with Gasteiger partial charge in [0.1, 0.15) is 0 Å². The maximum atomic E-state index is 12.1. The fraction of sp³-hybridized carbons (Fsp3) is 0.692. The SMILES string of the molecule is CCCCCCCCCCCCCCCCCC(=O)Oc1c(C=O)ccc(O)c1OC. The normalized spacial score (nSPS) is 10.8.